The quantitative estimate of drug-likeness (QED) is 0.121. The second-order valence-corrected chi connectivity index (χ2v) is 29.5. The van der Waals surface area contributed by atoms with Gasteiger partial charge >= 0.3 is 0 Å². The summed E-state index contributed by atoms with van der Waals surface area (Å²) in [5.41, 5.74) is 21.3. The highest BCUT2D eigenvalue weighted by atomic mass is 15.2. The number of hydrogen-bond donors (Lipinski definition) is 0. The highest BCUT2D eigenvalue weighted by molar-refractivity contribution is 6.12. The summed E-state index contributed by atoms with van der Waals surface area (Å²) >= 11 is 0. The third kappa shape index (κ3) is 11.0. The Kier molecular flexibility index (Phi) is 12.0. The van der Waals surface area contributed by atoms with E-state index in [9.17, 15) is 21.9 Å². The van der Waals surface area contributed by atoms with Crippen LogP contribution in [0.5, 0.6) is 0 Å². The molecule has 0 bridgehead atoms. The van der Waals surface area contributed by atoms with Gasteiger partial charge in [0.05, 0.1) is 78.1 Å². The molecule has 0 saturated heterocycles. The highest BCUT2D eigenvalue weighted by Crippen LogP contribution is 2.65. The summed E-state index contributed by atoms with van der Waals surface area (Å²) in [7, 11) is 0. The van der Waals surface area contributed by atoms with Crippen molar-refractivity contribution < 1.29 is 21.9 Å². The van der Waals surface area contributed by atoms with Gasteiger partial charge in [-0.25, -0.2) is 0 Å². The Bertz CT molecular complexity index is 7150. The molecular formula is C107H76N4. The summed E-state index contributed by atoms with van der Waals surface area (Å²) < 4.78 is 156. The van der Waals surface area contributed by atoms with Crippen molar-refractivity contribution in [3.8, 4) is 100 Å². The van der Waals surface area contributed by atoms with Crippen molar-refractivity contribution >= 4 is 77.7 Å². The van der Waals surface area contributed by atoms with E-state index in [2.05, 4.69) is 188 Å². The fourth-order valence-electron chi connectivity index (χ4n) is 17.0. The van der Waals surface area contributed by atoms with E-state index in [1.54, 1.807) is 9.13 Å². The van der Waals surface area contributed by atoms with Gasteiger partial charge in [-0.05, 0) is 186 Å². The topological polar surface area (TPSA) is 16.3 Å². The fraction of sp³-hybridized carbons (Fsp3) is 0.0467. The van der Waals surface area contributed by atoms with E-state index in [0.29, 0.717) is 22.7 Å². The molecule has 0 unspecified atom stereocenters. The number of para-hydroxylation sites is 6. The molecule has 2 aliphatic rings. The molecule has 4 heterocycles. The average Bonchev–Trinajstić information content (AvgIpc) is 1.50. The first-order valence-electron chi connectivity index (χ1n) is 45.3. The Morgan fingerprint density at radius 2 is 0.532 bits per heavy atom. The van der Waals surface area contributed by atoms with E-state index in [0.717, 1.165) is 134 Å². The second-order valence-electron chi connectivity index (χ2n) is 29.5. The van der Waals surface area contributed by atoms with Crippen LogP contribution >= 0.6 is 0 Å². The Labute approximate surface area is 670 Å². The third-order valence-corrected chi connectivity index (χ3v) is 22.1. The van der Waals surface area contributed by atoms with Crippen LogP contribution in [0.2, 0.25) is 0 Å². The van der Waals surface area contributed by atoms with Crippen LogP contribution < -0.4 is 9.80 Å². The molecule has 2 aliphatic heterocycles. The first-order chi connectivity index (χ1) is 61.4. The van der Waals surface area contributed by atoms with Gasteiger partial charge in [0, 0.05) is 66.7 Å². The van der Waals surface area contributed by atoms with Gasteiger partial charge in [-0.15, -0.1) is 0 Å². The molecule has 0 N–H and O–H groups in total. The number of nitrogens with zero attached hydrogens (tertiary/aromatic N) is 4. The predicted octanol–water partition coefficient (Wildman–Crippen LogP) is 29.3. The van der Waals surface area contributed by atoms with E-state index in [4.69, 9.17) is 0 Å². The summed E-state index contributed by atoms with van der Waals surface area (Å²) in [5, 5.41) is -0.328. The number of anilines is 6. The van der Waals surface area contributed by atoms with Crippen LogP contribution in [0, 0.1) is 0 Å². The normalized spacial score (nSPS) is 14.6. The van der Waals surface area contributed by atoms with Crippen molar-refractivity contribution in [3.63, 3.8) is 0 Å². The SMILES string of the molecule is [2H]c1c([2H])c([2H])c2c(c1[2H])c1c([2H])c([2H])c([2H])c([2H])c1n2-c1ccc2c(c1)N(c1c(-c3ccccc3)cccc1-c1cc(-c3ccccc3)cc(-c3ccccc3)c1)c1cc(C(C)(C)C)cc3c1C2c1ccc(-n2c4c([2H])c([2H])c([2H])c([2H])c4c4c([2H])c([2H])c([2H])c([2H])c42)cc1N3c1c(-c2ccccc2)cccc1-c1cc(-c2ccccc2)cc(-c2ccccc2)c1. The lowest BCUT2D eigenvalue weighted by Crippen LogP contribution is -2.31. The molecule has 4 nitrogen and oxygen atoms in total. The van der Waals surface area contributed by atoms with Gasteiger partial charge in [-0.3, -0.25) is 0 Å². The van der Waals surface area contributed by atoms with Gasteiger partial charge in [0.2, 0.25) is 0 Å². The minimum absolute atomic E-state index is 0.0615. The van der Waals surface area contributed by atoms with Gasteiger partial charge in [0.1, 0.15) is 0 Å². The molecule has 19 aromatic rings. The molecule has 0 spiro atoms. The first-order valence-corrected chi connectivity index (χ1v) is 37.3. The molecule has 0 fully saturated rings. The summed E-state index contributed by atoms with van der Waals surface area (Å²) in [4.78, 5) is 4.68. The summed E-state index contributed by atoms with van der Waals surface area (Å²) in [6, 6.07) is 95.8. The minimum Gasteiger partial charge on any atom is -0.309 e. The first kappa shape index (κ1) is 50.5. The van der Waals surface area contributed by atoms with Crippen molar-refractivity contribution in [2.24, 2.45) is 0 Å². The van der Waals surface area contributed by atoms with Crippen LogP contribution in [0.25, 0.3) is 144 Å². The van der Waals surface area contributed by atoms with Crippen LogP contribution in [0.1, 0.15) is 70.9 Å². The molecule has 4 heteroatoms. The Morgan fingerprint density at radius 3 is 0.838 bits per heavy atom. The van der Waals surface area contributed by atoms with Crippen molar-refractivity contribution in [2.75, 3.05) is 9.80 Å². The highest BCUT2D eigenvalue weighted by Gasteiger charge is 2.45. The van der Waals surface area contributed by atoms with Gasteiger partial charge in [-0.2, -0.15) is 0 Å². The number of fused-ring (bicyclic) bond motifs is 10. The lowest BCUT2D eigenvalue weighted by molar-refractivity contribution is 0.590. The van der Waals surface area contributed by atoms with Crippen LogP contribution in [-0.4, -0.2) is 9.13 Å². The van der Waals surface area contributed by atoms with E-state index in [1.165, 1.54) is 0 Å². The molecular weight excluding hydrogens is 1340 g/mol. The number of aromatic nitrogens is 2. The van der Waals surface area contributed by atoms with Crippen LogP contribution in [-0.2, 0) is 5.41 Å². The summed E-state index contributed by atoms with van der Waals surface area (Å²) in [6.45, 7) is 6.55. The van der Waals surface area contributed by atoms with Crippen LogP contribution in [0.15, 0.2) is 400 Å². The average molecular weight is 1430 g/mol. The molecule has 0 radical (unpaired) electrons. The van der Waals surface area contributed by atoms with E-state index < -0.39 is 108 Å². The maximum absolute atomic E-state index is 9.97. The smallest absolute Gasteiger partial charge is 0.0645 e. The van der Waals surface area contributed by atoms with Gasteiger partial charge in [-0.1, -0.05) is 324 Å². The number of benzene rings is 17. The molecule has 2 aromatic heterocycles. The lowest BCUT2D eigenvalue weighted by atomic mass is 9.73. The molecule has 0 aliphatic carbocycles. The molecule has 524 valence electrons. The minimum atomic E-state index is -0.808. The third-order valence-electron chi connectivity index (χ3n) is 22.1. The molecule has 0 amide bonds. The van der Waals surface area contributed by atoms with Crippen molar-refractivity contribution in [1.29, 1.82) is 0 Å². The number of hydrogen-bond acceptors (Lipinski definition) is 2. The van der Waals surface area contributed by atoms with E-state index >= 15 is 0 Å². The van der Waals surface area contributed by atoms with Crippen molar-refractivity contribution in [2.45, 2.75) is 32.1 Å². The second kappa shape index (κ2) is 26.4. The standard InChI is InChI=1S/C107H76N4/c1-107(2,3)82-66-101-104-102(67-82)111(106-86(75-42-20-9-21-43-75)49-31-51-88(106)81-64-78(72-36-14-6-15-37-72)61-79(65-81)73-38-16-7-17-39-73)100-69-84(109-97-54-28-24-46-91(97)92-47-25-29-55-98(92)109)57-59-94(100)103(104)93-58-56-83(108-95-52-26-22-44-89(95)90-45-23-27-53-96(90)108)68-99(93)110(101)105-85(74-40-18-8-19-41-74)48-30-50-87(105)80-62-76(70-32-10-4-11-33-70)60-77(63-80)71-34-12-5-13-35-71/h4-69,103H,1-3H3/i22D,23D,24D,25D,26D,27D,28D,29D,44D,45D,46D,47D,52D,53D,54D,55D. The van der Waals surface area contributed by atoms with Crippen molar-refractivity contribution in [1.82, 2.24) is 9.13 Å². The van der Waals surface area contributed by atoms with E-state index in [1.807, 2.05) is 146 Å². The monoisotopic (exact) mass is 1430 g/mol. The zero-order chi connectivity index (χ0) is 87.8. The maximum atomic E-state index is 9.97. The summed E-state index contributed by atoms with van der Waals surface area (Å²) in [5.74, 6) is -0.808. The molecule has 0 atom stereocenters. The van der Waals surface area contributed by atoms with Crippen LogP contribution in [0.4, 0.5) is 34.1 Å². The van der Waals surface area contributed by atoms with Crippen LogP contribution in [0.3, 0.4) is 0 Å². The molecule has 111 heavy (non-hydrogen) atoms. The van der Waals surface area contributed by atoms with Crippen molar-refractivity contribution in [3.05, 3.63) is 422 Å². The molecule has 21 rings (SSSR count). The largest absolute Gasteiger partial charge is 0.309 e. The molecule has 0 saturated carbocycles. The lowest BCUT2D eigenvalue weighted by Gasteiger charge is -2.47. The fourth-order valence-corrected chi connectivity index (χ4v) is 17.0. The predicted molar refractivity (Wildman–Crippen MR) is 468 cm³/mol. The van der Waals surface area contributed by atoms with Gasteiger partial charge in [0.25, 0.3) is 0 Å². The van der Waals surface area contributed by atoms with E-state index in [-0.39, 0.29) is 43.6 Å². The van der Waals surface area contributed by atoms with Gasteiger partial charge in [0.15, 0.2) is 0 Å². The Balaban J connectivity index is 0.966. The summed E-state index contributed by atoms with van der Waals surface area (Å²) in [6.07, 6.45) is 0. The maximum Gasteiger partial charge on any atom is 0.0645 e. The Hall–Kier alpha value is -14.1. The zero-order valence-corrected chi connectivity index (χ0v) is 60.7. The molecule has 17 aromatic carbocycles. The zero-order valence-electron chi connectivity index (χ0n) is 76.7. The Morgan fingerprint density at radius 1 is 0.252 bits per heavy atom. The number of rotatable bonds is 12. The van der Waals surface area contributed by atoms with Gasteiger partial charge < -0.3 is 18.9 Å².